The molecular formula is C17H24N2O3. The summed E-state index contributed by atoms with van der Waals surface area (Å²) in [7, 11) is 0. The number of benzene rings is 1. The van der Waals surface area contributed by atoms with Gasteiger partial charge in [0.15, 0.2) is 0 Å². The predicted molar refractivity (Wildman–Crippen MR) is 85.1 cm³/mol. The van der Waals surface area contributed by atoms with Crippen molar-refractivity contribution in [1.82, 2.24) is 10.2 Å². The van der Waals surface area contributed by atoms with Crippen molar-refractivity contribution in [2.24, 2.45) is 5.92 Å². The van der Waals surface area contributed by atoms with Crippen LogP contribution in [0, 0.1) is 26.7 Å². The number of nitrogens with one attached hydrogen (secondary N) is 1. The Morgan fingerprint density at radius 3 is 2.45 bits per heavy atom. The Labute approximate surface area is 131 Å². The van der Waals surface area contributed by atoms with E-state index >= 15 is 0 Å². The minimum atomic E-state index is -0.818. The number of rotatable bonds is 4. The third kappa shape index (κ3) is 3.78. The first-order valence-corrected chi connectivity index (χ1v) is 7.70. The van der Waals surface area contributed by atoms with Crippen molar-refractivity contribution in [3.8, 4) is 0 Å². The van der Waals surface area contributed by atoms with E-state index in [9.17, 15) is 9.59 Å². The van der Waals surface area contributed by atoms with Crippen LogP contribution in [0.25, 0.3) is 0 Å². The van der Waals surface area contributed by atoms with Gasteiger partial charge in [0.2, 0.25) is 0 Å². The number of carboxylic acid groups (broad SMARTS) is 1. The van der Waals surface area contributed by atoms with E-state index in [1.54, 1.807) is 4.90 Å². The first-order chi connectivity index (χ1) is 10.4. The number of nitrogens with zero attached hydrogens (tertiary/aromatic N) is 1. The fourth-order valence-electron chi connectivity index (χ4n) is 3.16. The average Bonchev–Trinajstić information content (AvgIpc) is 2.91. The molecule has 1 heterocycles. The largest absolute Gasteiger partial charge is 0.481 e. The molecule has 5 heteroatoms. The zero-order valence-electron chi connectivity index (χ0n) is 13.5. The molecule has 0 saturated carbocycles. The Morgan fingerprint density at radius 1 is 1.27 bits per heavy atom. The van der Waals surface area contributed by atoms with Crippen molar-refractivity contribution in [3.05, 3.63) is 34.4 Å². The van der Waals surface area contributed by atoms with Crippen LogP contribution in [0.4, 0.5) is 4.79 Å². The van der Waals surface area contributed by atoms with Crippen LogP contribution in [-0.2, 0) is 11.2 Å². The van der Waals surface area contributed by atoms with Gasteiger partial charge in [0.1, 0.15) is 0 Å². The Bertz CT molecular complexity index is 560. The number of carbonyl (C=O) groups is 2. The van der Waals surface area contributed by atoms with E-state index in [1.807, 2.05) is 0 Å². The van der Waals surface area contributed by atoms with Crippen LogP contribution in [-0.4, -0.2) is 41.6 Å². The molecular weight excluding hydrogens is 280 g/mol. The van der Waals surface area contributed by atoms with E-state index in [0.717, 1.165) is 6.42 Å². The lowest BCUT2D eigenvalue weighted by atomic mass is 9.97. The molecule has 1 aliphatic heterocycles. The van der Waals surface area contributed by atoms with Crippen LogP contribution in [0.5, 0.6) is 0 Å². The Morgan fingerprint density at radius 2 is 1.91 bits per heavy atom. The van der Waals surface area contributed by atoms with Gasteiger partial charge in [-0.3, -0.25) is 4.79 Å². The van der Waals surface area contributed by atoms with E-state index in [-0.39, 0.29) is 6.03 Å². The highest BCUT2D eigenvalue weighted by Crippen LogP contribution is 2.18. The quantitative estimate of drug-likeness (QED) is 0.896. The van der Waals surface area contributed by atoms with E-state index < -0.39 is 11.9 Å². The summed E-state index contributed by atoms with van der Waals surface area (Å²) in [6.07, 6.45) is 1.33. The average molecular weight is 304 g/mol. The number of aryl methyl sites for hydroxylation is 3. The minimum absolute atomic E-state index is 0.161. The monoisotopic (exact) mass is 304 g/mol. The van der Waals surface area contributed by atoms with Crippen LogP contribution < -0.4 is 5.32 Å². The van der Waals surface area contributed by atoms with Gasteiger partial charge in [-0.15, -0.1) is 0 Å². The minimum Gasteiger partial charge on any atom is -0.481 e. The highest BCUT2D eigenvalue weighted by molar-refractivity contribution is 5.77. The van der Waals surface area contributed by atoms with Gasteiger partial charge >= 0.3 is 12.0 Å². The number of hydrogen-bond acceptors (Lipinski definition) is 2. The topological polar surface area (TPSA) is 69.6 Å². The number of carbonyl (C=O) groups excluding carboxylic acids is 1. The Hall–Kier alpha value is -2.04. The van der Waals surface area contributed by atoms with Gasteiger partial charge in [-0.2, -0.15) is 0 Å². The summed E-state index contributed by atoms with van der Waals surface area (Å²) in [5.41, 5.74) is 5.02. The Kier molecular flexibility index (Phi) is 5.06. The van der Waals surface area contributed by atoms with Crippen LogP contribution in [0.15, 0.2) is 12.1 Å². The number of carboxylic acids is 1. The molecule has 1 aliphatic rings. The van der Waals surface area contributed by atoms with Crippen molar-refractivity contribution in [2.75, 3.05) is 19.6 Å². The van der Waals surface area contributed by atoms with Crippen molar-refractivity contribution >= 4 is 12.0 Å². The molecule has 1 unspecified atom stereocenters. The summed E-state index contributed by atoms with van der Waals surface area (Å²) in [6, 6.07) is 4.15. The lowest BCUT2D eigenvalue weighted by Gasteiger charge is -2.17. The van der Waals surface area contributed by atoms with Crippen molar-refractivity contribution in [2.45, 2.75) is 33.6 Å². The molecule has 1 saturated heterocycles. The second kappa shape index (κ2) is 6.81. The van der Waals surface area contributed by atoms with Crippen LogP contribution >= 0.6 is 0 Å². The third-order valence-electron chi connectivity index (χ3n) is 4.32. The molecule has 0 bridgehead atoms. The Balaban J connectivity index is 1.84. The molecule has 2 N–H and O–H groups in total. The summed E-state index contributed by atoms with van der Waals surface area (Å²) in [6.45, 7) is 7.66. The molecule has 2 rings (SSSR count). The second-order valence-electron chi connectivity index (χ2n) is 6.13. The second-order valence-corrected chi connectivity index (χ2v) is 6.13. The van der Waals surface area contributed by atoms with Crippen molar-refractivity contribution < 1.29 is 14.7 Å². The third-order valence-corrected chi connectivity index (χ3v) is 4.32. The summed E-state index contributed by atoms with van der Waals surface area (Å²) in [4.78, 5) is 24.6. The number of aliphatic carboxylic acids is 1. The van der Waals surface area contributed by atoms with Gasteiger partial charge in [-0.05, 0) is 50.3 Å². The van der Waals surface area contributed by atoms with Crippen molar-refractivity contribution in [3.63, 3.8) is 0 Å². The molecule has 0 aliphatic carbocycles. The molecule has 1 aromatic rings. The normalized spacial score (nSPS) is 17.6. The molecule has 2 amide bonds. The van der Waals surface area contributed by atoms with E-state index in [4.69, 9.17) is 5.11 Å². The van der Waals surface area contributed by atoms with Gasteiger partial charge in [-0.25, -0.2) is 4.79 Å². The maximum absolute atomic E-state index is 12.0. The zero-order valence-corrected chi connectivity index (χ0v) is 13.5. The van der Waals surface area contributed by atoms with Gasteiger partial charge in [0.05, 0.1) is 5.92 Å². The zero-order chi connectivity index (χ0) is 16.3. The summed E-state index contributed by atoms with van der Waals surface area (Å²) < 4.78 is 0. The van der Waals surface area contributed by atoms with Crippen LogP contribution in [0.2, 0.25) is 0 Å². The highest BCUT2D eigenvalue weighted by Gasteiger charge is 2.30. The molecule has 0 aromatic heterocycles. The van der Waals surface area contributed by atoms with Crippen molar-refractivity contribution in [1.29, 1.82) is 0 Å². The first kappa shape index (κ1) is 16.3. The molecule has 1 atom stereocenters. The molecule has 120 valence electrons. The number of likely N-dealkylation sites (tertiary alicyclic amines) is 1. The molecule has 5 nitrogen and oxygen atoms in total. The molecule has 1 aromatic carbocycles. The van der Waals surface area contributed by atoms with Crippen LogP contribution in [0.3, 0.4) is 0 Å². The molecule has 0 radical (unpaired) electrons. The van der Waals surface area contributed by atoms with E-state index in [2.05, 4.69) is 38.2 Å². The fourth-order valence-corrected chi connectivity index (χ4v) is 3.16. The van der Waals surface area contributed by atoms with E-state index in [1.165, 1.54) is 22.3 Å². The summed E-state index contributed by atoms with van der Waals surface area (Å²) in [5, 5.41) is 11.9. The first-order valence-electron chi connectivity index (χ1n) is 7.70. The highest BCUT2D eigenvalue weighted by atomic mass is 16.4. The lowest BCUT2D eigenvalue weighted by Crippen LogP contribution is -2.39. The standard InChI is InChI=1S/C17H24N2O3/c1-11-8-12(2)15(13(3)9-11)4-6-18-17(22)19-7-5-14(10-19)16(20)21/h8-9,14H,4-7,10H2,1-3H3,(H,18,22)(H,20,21). The molecule has 0 spiro atoms. The number of urea groups is 1. The van der Waals surface area contributed by atoms with Gasteiger partial charge < -0.3 is 15.3 Å². The van der Waals surface area contributed by atoms with Gasteiger partial charge in [0, 0.05) is 19.6 Å². The molecule has 22 heavy (non-hydrogen) atoms. The SMILES string of the molecule is Cc1cc(C)c(CCNC(=O)N2CCC(C(=O)O)C2)c(C)c1. The summed E-state index contributed by atoms with van der Waals surface area (Å²) >= 11 is 0. The van der Waals surface area contributed by atoms with Gasteiger partial charge in [-0.1, -0.05) is 17.7 Å². The molecule has 1 fully saturated rings. The fraction of sp³-hybridized carbons (Fsp3) is 0.529. The lowest BCUT2D eigenvalue weighted by molar-refractivity contribution is -0.141. The summed E-state index contributed by atoms with van der Waals surface area (Å²) in [5.74, 6) is -1.24. The van der Waals surface area contributed by atoms with E-state index in [0.29, 0.717) is 26.1 Å². The smallest absolute Gasteiger partial charge is 0.317 e. The van der Waals surface area contributed by atoms with Gasteiger partial charge in [0.25, 0.3) is 0 Å². The maximum Gasteiger partial charge on any atom is 0.317 e. The number of hydrogen-bond donors (Lipinski definition) is 2. The maximum atomic E-state index is 12.0. The predicted octanol–water partition coefficient (Wildman–Crippen LogP) is 2.27. The number of amides is 2. The van der Waals surface area contributed by atoms with Crippen LogP contribution in [0.1, 0.15) is 28.7 Å².